The maximum Gasteiger partial charge on any atom is 0.264 e. The molecule has 1 fully saturated rings. The molecule has 0 radical (unpaired) electrons. The van der Waals surface area contributed by atoms with Crippen LogP contribution in [0.2, 0.25) is 0 Å². The lowest BCUT2D eigenvalue weighted by atomic mass is 10.0. The summed E-state index contributed by atoms with van der Waals surface area (Å²) in [5.74, 6) is -2.19. The van der Waals surface area contributed by atoms with Crippen LogP contribution >= 0.6 is 0 Å². The number of benzene rings is 2. The summed E-state index contributed by atoms with van der Waals surface area (Å²) >= 11 is 0. The number of rotatable bonds is 23. The molecule has 56 heavy (non-hydrogen) atoms. The smallest absolute Gasteiger partial charge is 0.264 e. The van der Waals surface area contributed by atoms with Crippen molar-refractivity contribution in [1.29, 1.82) is 0 Å². The van der Waals surface area contributed by atoms with Gasteiger partial charge in [0.05, 0.1) is 63.1 Å². The number of hydrogen-bond donors (Lipinski definition) is 5. The van der Waals surface area contributed by atoms with Crippen molar-refractivity contribution in [2.75, 3.05) is 38.4 Å². The Morgan fingerprint density at radius 2 is 1.64 bits per heavy atom. The molecule has 1 atom stereocenters. The standard InChI is InChI=1S/C37H45N9O10/c47-31-15-14-30(35(50)40-31)46-36(51)28-6-5-7-29(34(28)37(46)52)38-23-26-24-45(44-41-26)16-17-54-18-19-55-20-21-56-27-12-10-25(11-13-27)22-39-42-32(48)8-3-1-2-4-9-33(49)43-53/h5-7,10-13,22,24,30,38,53H,1-4,8-9,14-21,23H2,(H,42,48)(H,43,49)(H,40,47,50)/b39-22-. The monoisotopic (exact) mass is 775 g/mol. The second kappa shape index (κ2) is 21.1. The Balaban J connectivity index is 0.899. The molecule has 5 N–H and O–H groups in total. The highest BCUT2D eigenvalue weighted by atomic mass is 16.5. The SMILES string of the molecule is O=C(CCCCCCC(=O)N/N=C\c1ccc(OCCOCCOCCn2cc(CNc3cccc4c3C(=O)N(C3CCC(=O)NC3=O)C4=O)nn2)cc1)NO. The van der Waals surface area contributed by atoms with Gasteiger partial charge in [0, 0.05) is 24.9 Å². The molecular weight excluding hydrogens is 730 g/mol. The quantitative estimate of drug-likeness (QED) is 0.0303. The Kier molecular flexibility index (Phi) is 15.5. The number of anilines is 1. The average Bonchev–Trinajstić information content (AvgIpc) is 3.76. The number of carbonyl (C=O) groups is 6. The van der Waals surface area contributed by atoms with Gasteiger partial charge < -0.3 is 19.5 Å². The Hall–Kier alpha value is -6.05. The van der Waals surface area contributed by atoms with E-state index in [-0.39, 0.29) is 42.8 Å². The van der Waals surface area contributed by atoms with Crippen LogP contribution < -0.4 is 26.3 Å². The number of unbranched alkanes of at least 4 members (excludes halogenated alkanes) is 3. The lowest BCUT2D eigenvalue weighted by Crippen LogP contribution is -2.54. The minimum absolute atomic E-state index is 0.0457. The molecule has 0 spiro atoms. The van der Waals surface area contributed by atoms with Crippen LogP contribution in [0.4, 0.5) is 5.69 Å². The third-order valence-electron chi connectivity index (χ3n) is 8.81. The highest BCUT2D eigenvalue weighted by Gasteiger charge is 2.45. The van der Waals surface area contributed by atoms with E-state index in [0.29, 0.717) is 76.0 Å². The second-order valence-corrected chi connectivity index (χ2v) is 12.9. The summed E-state index contributed by atoms with van der Waals surface area (Å²) in [4.78, 5) is 74.1. The first-order valence-electron chi connectivity index (χ1n) is 18.3. The molecule has 19 heteroatoms. The van der Waals surface area contributed by atoms with Crippen molar-refractivity contribution >= 4 is 47.3 Å². The first-order valence-corrected chi connectivity index (χ1v) is 18.3. The van der Waals surface area contributed by atoms with Gasteiger partial charge in [0.2, 0.25) is 23.6 Å². The van der Waals surface area contributed by atoms with Crippen LogP contribution in [0.1, 0.15) is 83.3 Å². The van der Waals surface area contributed by atoms with E-state index in [0.717, 1.165) is 23.3 Å². The van der Waals surface area contributed by atoms with Crippen LogP contribution in [0.25, 0.3) is 0 Å². The van der Waals surface area contributed by atoms with Crippen LogP contribution in [0.3, 0.4) is 0 Å². The summed E-state index contributed by atoms with van der Waals surface area (Å²) < 4.78 is 18.6. The molecule has 0 bridgehead atoms. The number of fused-ring (bicyclic) bond motifs is 1. The fraction of sp³-hybridized carbons (Fsp3) is 0.432. The van der Waals surface area contributed by atoms with Gasteiger partial charge in [-0.05, 0) is 61.2 Å². The predicted octanol–water partition coefficient (Wildman–Crippen LogP) is 1.70. The third-order valence-corrected chi connectivity index (χ3v) is 8.81. The van der Waals surface area contributed by atoms with Gasteiger partial charge in [0.15, 0.2) is 0 Å². The number of nitrogens with one attached hydrogen (secondary N) is 4. The first-order chi connectivity index (χ1) is 27.2. The minimum atomic E-state index is -1.04. The summed E-state index contributed by atoms with van der Waals surface area (Å²) in [6, 6.07) is 11.0. The Labute approximate surface area is 322 Å². The molecular formula is C37H45N9O10. The molecule has 0 saturated carbocycles. The van der Waals surface area contributed by atoms with Gasteiger partial charge in [-0.25, -0.2) is 15.6 Å². The van der Waals surface area contributed by atoms with Crippen molar-refractivity contribution in [2.45, 2.75) is 70.5 Å². The maximum atomic E-state index is 13.3. The molecule has 6 amide bonds. The topological polar surface area (TPSA) is 245 Å². The summed E-state index contributed by atoms with van der Waals surface area (Å²) in [5.41, 5.74) is 6.27. The van der Waals surface area contributed by atoms with Gasteiger partial charge in [-0.3, -0.25) is 44.2 Å². The predicted molar refractivity (Wildman–Crippen MR) is 197 cm³/mol. The summed E-state index contributed by atoms with van der Waals surface area (Å²) in [5, 5.41) is 26.1. The van der Waals surface area contributed by atoms with Crippen molar-refractivity contribution in [3.05, 3.63) is 71.0 Å². The van der Waals surface area contributed by atoms with E-state index in [4.69, 9.17) is 19.4 Å². The summed E-state index contributed by atoms with van der Waals surface area (Å²) in [6.07, 6.45) is 6.96. The molecule has 1 unspecified atom stereocenters. The van der Waals surface area contributed by atoms with Gasteiger partial charge in [-0.2, -0.15) is 5.10 Å². The Morgan fingerprint density at radius 3 is 2.39 bits per heavy atom. The van der Waals surface area contributed by atoms with Gasteiger partial charge in [-0.1, -0.05) is 24.1 Å². The second-order valence-electron chi connectivity index (χ2n) is 12.9. The largest absolute Gasteiger partial charge is 0.491 e. The highest BCUT2D eigenvalue weighted by Crippen LogP contribution is 2.32. The van der Waals surface area contributed by atoms with Crippen molar-refractivity contribution in [3.8, 4) is 5.75 Å². The third kappa shape index (κ3) is 12.0. The molecule has 298 valence electrons. The maximum absolute atomic E-state index is 13.3. The molecule has 2 aliphatic heterocycles. The van der Waals surface area contributed by atoms with Crippen molar-refractivity contribution in [1.82, 2.24) is 36.1 Å². The number of imide groups is 2. The first kappa shape index (κ1) is 41.1. The fourth-order valence-electron chi connectivity index (χ4n) is 5.94. The molecule has 0 aliphatic carbocycles. The van der Waals surface area contributed by atoms with Crippen LogP contribution in [-0.2, 0) is 41.7 Å². The van der Waals surface area contributed by atoms with Gasteiger partial charge in [-0.15, -0.1) is 5.10 Å². The van der Waals surface area contributed by atoms with Crippen LogP contribution in [0.15, 0.2) is 53.8 Å². The minimum Gasteiger partial charge on any atom is -0.491 e. The molecule has 2 aromatic carbocycles. The van der Waals surface area contributed by atoms with Gasteiger partial charge >= 0.3 is 0 Å². The number of aromatic nitrogens is 3. The van der Waals surface area contributed by atoms with Crippen LogP contribution in [-0.4, -0.2) is 106 Å². The Bertz CT molecular complexity index is 1880. The van der Waals surface area contributed by atoms with E-state index in [1.165, 1.54) is 6.07 Å². The number of carbonyl (C=O) groups excluding carboxylic acids is 6. The van der Waals surface area contributed by atoms with E-state index in [9.17, 15) is 28.8 Å². The van der Waals surface area contributed by atoms with Crippen LogP contribution in [0.5, 0.6) is 5.75 Å². The lowest BCUT2D eigenvalue weighted by Gasteiger charge is -2.27. The summed E-state index contributed by atoms with van der Waals surface area (Å²) in [6.45, 7) is 2.53. The molecule has 1 aromatic heterocycles. The number of amides is 6. The molecule has 5 rings (SSSR count). The lowest BCUT2D eigenvalue weighted by molar-refractivity contribution is -0.136. The molecule has 3 aromatic rings. The fourth-order valence-corrected chi connectivity index (χ4v) is 5.94. The number of piperidine rings is 1. The molecule has 19 nitrogen and oxygen atoms in total. The van der Waals surface area contributed by atoms with E-state index >= 15 is 0 Å². The number of ether oxygens (including phenoxy) is 3. The normalized spacial score (nSPS) is 15.2. The van der Waals surface area contributed by atoms with Crippen molar-refractivity contribution < 1.29 is 48.2 Å². The molecule has 3 heterocycles. The highest BCUT2D eigenvalue weighted by molar-refractivity contribution is 6.25. The van der Waals surface area contributed by atoms with Crippen molar-refractivity contribution in [2.24, 2.45) is 5.10 Å². The zero-order valence-corrected chi connectivity index (χ0v) is 30.7. The number of hydrazone groups is 1. The molecule has 1 saturated heterocycles. The van der Waals surface area contributed by atoms with E-state index in [1.807, 2.05) is 12.1 Å². The van der Waals surface area contributed by atoms with E-state index < -0.39 is 35.6 Å². The average molecular weight is 776 g/mol. The number of nitrogens with zero attached hydrogens (tertiary/aromatic N) is 5. The van der Waals surface area contributed by atoms with Crippen molar-refractivity contribution in [3.63, 3.8) is 0 Å². The summed E-state index contributed by atoms with van der Waals surface area (Å²) in [7, 11) is 0. The number of hydroxylamine groups is 1. The van der Waals surface area contributed by atoms with Gasteiger partial charge in [0.1, 0.15) is 24.1 Å². The van der Waals surface area contributed by atoms with Crippen LogP contribution in [0, 0.1) is 0 Å². The van der Waals surface area contributed by atoms with Gasteiger partial charge in [0.25, 0.3) is 11.8 Å². The zero-order valence-electron chi connectivity index (χ0n) is 30.7. The number of hydrogen-bond acceptors (Lipinski definition) is 14. The zero-order chi connectivity index (χ0) is 39.7. The molecule has 2 aliphatic rings. The van der Waals surface area contributed by atoms with E-state index in [2.05, 4.69) is 31.5 Å². The Morgan fingerprint density at radius 1 is 0.911 bits per heavy atom. The van der Waals surface area contributed by atoms with E-state index in [1.54, 1.807) is 46.8 Å².